The van der Waals surface area contributed by atoms with Gasteiger partial charge in [-0.05, 0) is 48.2 Å². The Balaban J connectivity index is 1.66. The third-order valence-electron chi connectivity index (χ3n) is 6.42. The molecule has 1 aliphatic heterocycles. The molecule has 31 heavy (non-hydrogen) atoms. The van der Waals surface area contributed by atoms with Crippen LogP contribution in [0.5, 0.6) is 5.75 Å². The van der Waals surface area contributed by atoms with Gasteiger partial charge in [0.05, 0.1) is 7.11 Å². The Hall–Kier alpha value is -2.89. The summed E-state index contributed by atoms with van der Waals surface area (Å²) in [6, 6.07) is 12.8. The van der Waals surface area contributed by atoms with Crippen LogP contribution in [0.25, 0.3) is 0 Å². The number of hydrogen-bond acceptors (Lipinski definition) is 3. The van der Waals surface area contributed by atoms with E-state index < -0.39 is 6.04 Å². The summed E-state index contributed by atoms with van der Waals surface area (Å²) in [5.41, 5.74) is 1.56. The van der Waals surface area contributed by atoms with Gasteiger partial charge in [0.25, 0.3) is 5.91 Å². The van der Waals surface area contributed by atoms with Crippen LogP contribution >= 0.6 is 0 Å². The predicted octanol–water partition coefficient (Wildman–Crippen LogP) is 4.47. The average molecular weight is 425 g/mol. The normalized spacial score (nSPS) is 20.6. The van der Waals surface area contributed by atoms with Crippen molar-refractivity contribution in [1.82, 2.24) is 9.80 Å². The lowest BCUT2D eigenvalue weighted by atomic mass is 9.97. The van der Waals surface area contributed by atoms with E-state index in [1.165, 1.54) is 25.0 Å². The molecule has 0 spiro atoms. The van der Waals surface area contributed by atoms with Crippen molar-refractivity contribution in [3.63, 3.8) is 0 Å². The van der Waals surface area contributed by atoms with Gasteiger partial charge in [-0.15, -0.1) is 0 Å². The first-order valence-electron chi connectivity index (χ1n) is 11.0. The van der Waals surface area contributed by atoms with Crippen LogP contribution in [-0.4, -0.2) is 41.3 Å². The first-order valence-corrected chi connectivity index (χ1v) is 11.0. The molecule has 4 rings (SSSR count). The molecule has 2 amide bonds. The number of nitrogens with zero attached hydrogens (tertiary/aromatic N) is 2. The van der Waals surface area contributed by atoms with Gasteiger partial charge in [-0.25, -0.2) is 4.39 Å². The maximum Gasteiger partial charge on any atom is 0.250 e. The van der Waals surface area contributed by atoms with Crippen LogP contribution in [0.3, 0.4) is 0 Å². The van der Waals surface area contributed by atoms with Crippen LogP contribution in [0.15, 0.2) is 48.5 Å². The van der Waals surface area contributed by atoms with Gasteiger partial charge in [0.15, 0.2) is 0 Å². The van der Waals surface area contributed by atoms with Crippen molar-refractivity contribution in [2.75, 3.05) is 13.7 Å². The third-order valence-corrected chi connectivity index (χ3v) is 6.42. The van der Waals surface area contributed by atoms with E-state index in [0.717, 1.165) is 36.8 Å². The number of piperazine rings is 1. The Labute approximate surface area is 182 Å². The van der Waals surface area contributed by atoms with Crippen LogP contribution in [0, 0.1) is 5.82 Å². The van der Waals surface area contributed by atoms with E-state index in [4.69, 9.17) is 4.74 Å². The number of carbonyl (C=O) groups excluding carboxylic acids is 2. The number of carbonyl (C=O) groups is 2. The quantitative estimate of drug-likeness (QED) is 0.666. The summed E-state index contributed by atoms with van der Waals surface area (Å²) in [4.78, 5) is 30.5. The fraction of sp³-hybridized carbons (Fsp3) is 0.440. The van der Waals surface area contributed by atoms with Crippen molar-refractivity contribution in [1.29, 1.82) is 0 Å². The molecule has 0 bridgehead atoms. The molecule has 2 aromatic carbocycles. The maximum absolute atomic E-state index is 13.7. The van der Waals surface area contributed by atoms with E-state index >= 15 is 0 Å². The standard InChI is InChI=1S/C25H29FN2O3/c1-31-22-14-10-19(11-15-22)24-25(30)27(21-6-4-2-3-5-7-21)17-23(29)28(24)16-18-8-12-20(26)13-9-18/h8-15,21,24H,2-7,16-17H2,1H3/t24-/m1/s1. The fourth-order valence-electron chi connectivity index (χ4n) is 4.70. The van der Waals surface area contributed by atoms with Gasteiger partial charge < -0.3 is 14.5 Å². The van der Waals surface area contributed by atoms with Gasteiger partial charge in [-0.3, -0.25) is 9.59 Å². The number of rotatable bonds is 5. The Morgan fingerprint density at radius 2 is 1.58 bits per heavy atom. The minimum absolute atomic E-state index is 0.0289. The summed E-state index contributed by atoms with van der Waals surface area (Å²) in [6.07, 6.45) is 6.46. The first kappa shape index (κ1) is 21.3. The van der Waals surface area contributed by atoms with Crippen molar-refractivity contribution in [3.05, 3.63) is 65.5 Å². The monoisotopic (exact) mass is 424 g/mol. The molecular formula is C25H29FN2O3. The highest BCUT2D eigenvalue weighted by Gasteiger charge is 2.42. The molecule has 1 saturated heterocycles. The average Bonchev–Trinajstić information content (AvgIpc) is 3.07. The summed E-state index contributed by atoms with van der Waals surface area (Å²) in [5, 5.41) is 0. The van der Waals surface area contributed by atoms with E-state index in [9.17, 15) is 14.0 Å². The molecule has 2 fully saturated rings. The van der Waals surface area contributed by atoms with Crippen molar-refractivity contribution in [3.8, 4) is 5.75 Å². The highest BCUT2D eigenvalue weighted by molar-refractivity contribution is 5.95. The molecule has 0 radical (unpaired) electrons. The number of halogens is 1. The van der Waals surface area contributed by atoms with E-state index in [0.29, 0.717) is 5.75 Å². The second-order valence-electron chi connectivity index (χ2n) is 8.44. The Morgan fingerprint density at radius 3 is 2.19 bits per heavy atom. The lowest BCUT2D eigenvalue weighted by molar-refractivity contribution is -0.159. The molecule has 1 saturated carbocycles. The molecule has 5 nitrogen and oxygen atoms in total. The van der Waals surface area contributed by atoms with Gasteiger partial charge in [-0.2, -0.15) is 0 Å². The minimum atomic E-state index is -0.694. The van der Waals surface area contributed by atoms with Gasteiger partial charge in [-0.1, -0.05) is 49.9 Å². The topological polar surface area (TPSA) is 49.9 Å². The zero-order valence-electron chi connectivity index (χ0n) is 17.9. The second kappa shape index (κ2) is 9.50. The molecule has 0 unspecified atom stereocenters. The highest BCUT2D eigenvalue weighted by Crippen LogP contribution is 2.33. The SMILES string of the molecule is COc1ccc([C@@H]2C(=O)N(C3CCCCCC3)CC(=O)N2Cc2ccc(F)cc2)cc1. The van der Waals surface area contributed by atoms with Gasteiger partial charge in [0, 0.05) is 12.6 Å². The number of hydrogen-bond donors (Lipinski definition) is 0. The smallest absolute Gasteiger partial charge is 0.250 e. The molecule has 1 heterocycles. The summed E-state index contributed by atoms with van der Waals surface area (Å²) < 4.78 is 18.6. The minimum Gasteiger partial charge on any atom is -0.497 e. The van der Waals surface area contributed by atoms with Gasteiger partial charge >= 0.3 is 0 Å². The van der Waals surface area contributed by atoms with E-state index in [1.807, 2.05) is 29.2 Å². The van der Waals surface area contributed by atoms with Crippen LogP contribution in [0.4, 0.5) is 4.39 Å². The lowest BCUT2D eigenvalue weighted by Gasteiger charge is -2.43. The molecule has 0 N–H and O–H groups in total. The molecule has 2 aromatic rings. The number of amides is 2. The van der Waals surface area contributed by atoms with E-state index in [1.54, 1.807) is 24.1 Å². The lowest BCUT2D eigenvalue weighted by Crippen LogP contribution is -2.57. The van der Waals surface area contributed by atoms with E-state index in [2.05, 4.69) is 0 Å². The fourth-order valence-corrected chi connectivity index (χ4v) is 4.70. The molecular weight excluding hydrogens is 395 g/mol. The summed E-state index contributed by atoms with van der Waals surface area (Å²) in [6.45, 7) is 0.372. The van der Waals surface area contributed by atoms with Crippen molar-refractivity contribution in [2.24, 2.45) is 0 Å². The van der Waals surface area contributed by atoms with E-state index in [-0.39, 0.29) is 36.8 Å². The van der Waals surface area contributed by atoms with Crippen LogP contribution < -0.4 is 4.74 Å². The zero-order valence-corrected chi connectivity index (χ0v) is 17.9. The highest BCUT2D eigenvalue weighted by atomic mass is 19.1. The Morgan fingerprint density at radius 1 is 0.935 bits per heavy atom. The summed E-state index contributed by atoms with van der Waals surface area (Å²) >= 11 is 0. The zero-order chi connectivity index (χ0) is 21.8. The van der Waals surface area contributed by atoms with Crippen molar-refractivity contribution >= 4 is 11.8 Å². The summed E-state index contributed by atoms with van der Waals surface area (Å²) in [7, 11) is 1.60. The largest absolute Gasteiger partial charge is 0.497 e. The molecule has 1 atom stereocenters. The Bertz CT molecular complexity index is 905. The van der Waals surface area contributed by atoms with Gasteiger partial charge in [0.2, 0.25) is 5.91 Å². The number of methoxy groups -OCH3 is 1. The van der Waals surface area contributed by atoms with Crippen LogP contribution in [0.2, 0.25) is 0 Å². The third kappa shape index (κ3) is 4.73. The first-order chi connectivity index (χ1) is 15.1. The maximum atomic E-state index is 13.7. The molecule has 1 aliphatic carbocycles. The predicted molar refractivity (Wildman–Crippen MR) is 116 cm³/mol. The summed E-state index contributed by atoms with van der Waals surface area (Å²) in [5.74, 6) is 0.271. The molecule has 6 heteroatoms. The molecule has 164 valence electrons. The molecule has 0 aromatic heterocycles. The van der Waals surface area contributed by atoms with Crippen LogP contribution in [0.1, 0.15) is 55.7 Å². The van der Waals surface area contributed by atoms with Crippen LogP contribution in [-0.2, 0) is 16.1 Å². The van der Waals surface area contributed by atoms with Crippen molar-refractivity contribution < 1.29 is 18.7 Å². The second-order valence-corrected chi connectivity index (χ2v) is 8.44. The number of ether oxygens (including phenoxy) is 1. The number of benzene rings is 2. The van der Waals surface area contributed by atoms with Crippen molar-refractivity contribution in [2.45, 2.75) is 57.2 Å². The Kier molecular flexibility index (Phi) is 6.54. The molecule has 2 aliphatic rings. The van der Waals surface area contributed by atoms with Gasteiger partial charge in [0.1, 0.15) is 24.2 Å².